The van der Waals surface area contributed by atoms with E-state index in [1.807, 2.05) is 0 Å². The summed E-state index contributed by atoms with van der Waals surface area (Å²) >= 11 is 0. The molecule has 4 rings (SSSR count). The van der Waals surface area contributed by atoms with Gasteiger partial charge in [-0.3, -0.25) is 14.2 Å². The Kier molecular flexibility index (Phi) is 7.72. The fourth-order valence-electron chi connectivity index (χ4n) is 4.30. The summed E-state index contributed by atoms with van der Waals surface area (Å²) in [6.45, 7) is 3.32. The number of rotatable bonds is 7. The van der Waals surface area contributed by atoms with Gasteiger partial charge in [0.05, 0.1) is 30.2 Å². The number of aliphatic hydroxyl groups is 2. The Morgan fingerprint density at radius 2 is 1.71 bits per heavy atom. The maximum absolute atomic E-state index is 15.2. The Morgan fingerprint density at radius 3 is 2.26 bits per heavy atom. The molecule has 3 atom stereocenters. The molecule has 3 aromatic rings. The van der Waals surface area contributed by atoms with Crippen molar-refractivity contribution in [1.82, 2.24) is 14.9 Å². The van der Waals surface area contributed by atoms with Gasteiger partial charge >= 0.3 is 0 Å². The molecule has 3 heterocycles. The standard InChI is InChI=1S/C25H26F4N4O5/c1-11(2)18(10-38-3)30-25(37)14-7-33(21-15(27)4-12(26)5-16(21)28)23-13(22(14)36)6-17(29)24(31-23)32-8-19(34)20(35)9-32/h4-7,11,18-20,34-35H,8-10H2,1-3H3,(H,30,37)/t18-,19-,20+/m1/s1. The van der Waals surface area contributed by atoms with Crippen molar-refractivity contribution in [2.75, 3.05) is 31.7 Å². The summed E-state index contributed by atoms with van der Waals surface area (Å²) in [7, 11) is 1.43. The van der Waals surface area contributed by atoms with Crippen LogP contribution >= 0.6 is 0 Å². The lowest BCUT2D eigenvalue weighted by Gasteiger charge is -2.22. The maximum Gasteiger partial charge on any atom is 0.257 e. The number of nitrogens with zero attached hydrogens (tertiary/aromatic N) is 3. The number of benzene rings is 1. The third-order valence-electron chi connectivity index (χ3n) is 6.41. The predicted octanol–water partition coefficient (Wildman–Crippen LogP) is 1.88. The minimum absolute atomic E-state index is 0.110. The number of carbonyl (C=O) groups is 1. The van der Waals surface area contributed by atoms with E-state index < -0.39 is 81.0 Å². The largest absolute Gasteiger partial charge is 0.389 e. The number of nitrogens with one attached hydrogen (secondary N) is 1. The minimum atomic E-state index is -1.36. The summed E-state index contributed by atoms with van der Waals surface area (Å²) in [5, 5.41) is 21.9. The van der Waals surface area contributed by atoms with Gasteiger partial charge in [0, 0.05) is 38.5 Å². The average Bonchev–Trinajstić information content (AvgIpc) is 3.17. The van der Waals surface area contributed by atoms with Crippen molar-refractivity contribution in [2.24, 2.45) is 5.92 Å². The lowest BCUT2D eigenvalue weighted by atomic mass is 10.0. The van der Waals surface area contributed by atoms with E-state index in [1.165, 1.54) is 12.0 Å². The van der Waals surface area contributed by atoms with Crippen LogP contribution in [0.3, 0.4) is 0 Å². The number of hydrogen-bond acceptors (Lipinski definition) is 7. The van der Waals surface area contributed by atoms with Crippen LogP contribution < -0.4 is 15.6 Å². The molecule has 0 aliphatic carbocycles. The molecule has 38 heavy (non-hydrogen) atoms. The van der Waals surface area contributed by atoms with Gasteiger partial charge in [0.25, 0.3) is 5.91 Å². The van der Waals surface area contributed by atoms with E-state index in [0.29, 0.717) is 12.1 Å². The summed E-state index contributed by atoms with van der Waals surface area (Å²) in [6.07, 6.45) is -1.55. The zero-order valence-electron chi connectivity index (χ0n) is 20.7. The Hall–Kier alpha value is -3.55. The van der Waals surface area contributed by atoms with Gasteiger partial charge < -0.3 is 25.2 Å². The monoisotopic (exact) mass is 538 g/mol. The number of fused-ring (bicyclic) bond motifs is 1. The van der Waals surface area contributed by atoms with E-state index in [4.69, 9.17) is 4.74 Å². The van der Waals surface area contributed by atoms with Crippen LogP contribution in [0.4, 0.5) is 23.4 Å². The van der Waals surface area contributed by atoms with E-state index in [9.17, 15) is 33.0 Å². The number of pyridine rings is 2. The molecule has 1 aromatic carbocycles. The molecular weight excluding hydrogens is 512 g/mol. The number of hydrogen-bond donors (Lipinski definition) is 3. The number of amides is 1. The molecule has 0 saturated carbocycles. The molecule has 0 radical (unpaired) electrons. The van der Waals surface area contributed by atoms with Crippen molar-refractivity contribution >= 4 is 22.8 Å². The molecule has 1 amide bonds. The first-order valence-corrected chi connectivity index (χ1v) is 11.7. The van der Waals surface area contributed by atoms with Crippen LogP contribution in [0, 0.1) is 29.2 Å². The molecule has 1 aliphatic rings. The van der Waals surface area contributed by atoms with Gasteiger partial charge in [0.2, 0.25) is 5.43 Å². The molecule has 1 fully saturated rings. The van der Waals surface area contributed by atoms with Crippen molar-refractivity contribution < 1.29 is 37.3 Å². The fourth-order valence-corrected chi connectivity index (χ4v) is 4.30. The summed E-state index contributed by atoms with van der Waals surface area (Å²) in [5.41, 5.74) is -2.81. The number of anilines is 1. The lowest BCUT2D eigenvalue weighted by Crippen LogP contribution is -2.43. The molecular formula is C25H26F4N4O5. The van der Waals surface area contributed by atoms with Crippen molar-refractivity contribution in [3.8, 4) is 5.69 Å². The quantitative estimate of drug-likeness (QED) is 0.394. The van der Waals surface area contributed by atoms with E-state index in [2.05, 4.69) is 10.3 Å². The first-order valence-electron chi connectivity index (χ1n) is 11.7. The van der Waals surface area contributed by atoms with Crippen LogP contribution in [-0.4, -0.2) is 70.7 Å². The number of aromatic nitrogens is 2. The maximum atomic E-state index is 15.2. The highest BCUT2D eigenvalue weighted by atomic mass is 19.1. The Labute approximate surface area is 214 Å². The normalized spacial score (nSPS) is 18.4. The van der Waals surface area contributed by atoms with Crippen molar-refractivity contribution in [3.05, 3.63) is 63.5 Å². The van der Waals surface area contributed by atoms with Gasteiger partial charge in [0.1, 0.15) is 17.1 Å². The third kappa shape index (κ3) is 5.08. The Morgan fingerprint density at radius 1 is 1.11 bits per heavy atom. The highest BCUT2D eigenvalue weighted by molar-refractivity contribution is 5.97. The van der Waals surface area contributed by atoms with E-state index in [1.54, 1.807) is 13.8 Å². The average molecular weight is 538 g/mol. The number of β-amino-alcohol motifs (C(OH)–C–C–N with tert-alkyl or cyclic N) is 2. The summed E-state index contributed by atoms with van der Waals surface area (Å²) in [4.78, 5) is 31.8. The zero-order valence-corrected chi connectivity index (χ0v) is 20.7. The molecule has 2 aromatic heterocycles. The van der Waals surface area contributed by atoms with E-state index in [-0.39, 0.29) is 25.6 Å². The smallest absolute Gasteiger partial charge is 0.257 e. The van der Waals surface area contributed by atoms with E-state index >= 15 is 4.39 Å². The van der Waals surface area contributed by atoms with Gasteiger partial charge in [-0.05, 0) is 12.0 Å². The highest BCUT2D eigenvalue weighted by Gasteiger charge is 2.33. The first kappa shape index (κ1) is 27.5. The lowest BCUT2D eigenvalue weighted by molar-refractivity contribution is 0.0572. The molecule has 204 valence electrons. The first-order chi connectivity index (χ1) is 17.9. The van der Waals surface area contributed by atoms with Crippen molar-refractivity contribution in [3.63, 3.8) is 0 Å². The fraction of sp³-hybridized carbons (Fsp3) is 0.400. The third-order valence-corrected chi connectivity index (χ3v) is 6.41. The summed E-state index contributed by atoms with van der Waals surface area (Å²) in [6, 6.07) is 1.06. The van der Waals surface area contributed by atoms with Gasteiger partial charge in [-0.1, -0.05) is 13.8 Å². The number of aliphatic hydroxyl groups excluding tert-OH is 2. The van der Waals surface area contributed by atoms with Crippen molar-refractivity contribution in [1.29, 1.82) is 0 Å². The van der Waals surface area contributed by atoms with Crippen LogP contribution in [0.2, 0.25) is 0 Å². The van der Waals surface area contributed by atoms with Crippen LogP contribution in [0.5, 0.6) is 0 Å². The zero-order chi connectivity index (χ0) is 27.9. The molecule has 13 heteroatoms. The molecule has 1 aliphatic heterocycles. The number of methoxy groups -OCH3 is 1. The van der Waals surface area contributed by atoms with Gasteiger partial charge in [-0.25, -0.2) is 22.5 Å². The second-order valence-corrected chi connectivity index (χ2v) is 9.44. The molecule has 9 nitrogen and oxygen atoms in total. The minimum Gasteiger partial charge on any atom is -0.389 e. The molecule has 3 N–H and O–H groups in total. The molecule has 1 saturated heterocycles. The molecule has 0 spiro atoms. The van der Waals surface area contributed by atoms with Crippen molar-refractivity contribution in [2.45, 2.75) is 32.1 Å². The second kappa shape index (κ2) is 10.7. The topological polar surface area (TPSA) is 117 Å². The van der Waals surface area contributed by atoms with Gasteiger partial charge in [-0.15, -0.1) is 0 Å². The highest BCUT2D eigenvalue weighted by Crippen LogP contribution is 2.28. The molecule has 0 unspecified atom stereocenters. The van der Waals surface area contributed by atoms with Crippen LogP contribution in [-0.2, 0) is 4.74 Å². The van der Waals surface area contributed by atoms with Gasteiger partial charge in [-0.2, -0.15) is 0 Å². The predicted molar refractivity (Wildman–Crippen MR) is 129 cm³/mol. The SMILES string of the molecule is COC[C@@H](NC(=O)c1cn(-c2c(F)cc(F)cc2F)c2nc(N3C[C@@H](O)[C@@H](O)C3)c(F)cc2c1=O)C(C)C. The van der Waals surface area contributed by atoms with Gasteiger partial charge in [0.15, 0.2) is 28.9 Å². The summed E-state index contributed by atoms with van der Waals surface area (Å²) in [5.74, 6) is -6.37. The van der Waals surface area contributed by atoms with Crippen LogP contribution in [0.1, 0.15) is 24.2 Å². The second-order valence-electron chi connectivity index (χ2n) is 9.44. The molecule has 0 bridgehead atoms. The van der Waals surface area contributed by atoms with Crippen LogP contribution in [0.15, 0.2) is 29.2 Å². The Balaban J connectivity index is 1.97. The van der Waals surface area contributed by atoms with Crippen LogP contribution in [0.25, 0.3) is 16.7 Å². The summed E-state index contributed by atoms with van der Waals surface area (Å²) < 4.78 is 64.4. The number of ether oxygens (including phenoxy) is 1. The van der Waals surface area contributed by atoms with E-state index in [0.717, 1.165) is 16.8 Å². The number of carbonyl (C=O) groups excluding carboxylic acids is 1. The Bertz CT molecular complexity index is 1410. The number of halogens is 4.